The number of methoxy groups -OCH3 is 1. The number of aliphatic carboxylic acids is 1. The van der Waals surface area contributed by atoms with E-state index in [0.717, 1.165) is 13.2 Å². The smallest absolute Gasteiger partial charge is 0.310 e. The average Bonchev–Trinajstić information content (AvgIpc) is 2.21. The molecule has 1 N–H and O–H groups in total. The molecule has 0 saturated carbocycles. The van der Waals surface area contributed by atoms with Crippen LogP contribution in [0.2, 0.25) is 5.02 Å². The summed E-state index contributed by atoms with van der Waals surface area (Å²) in [6.07, 6.45) is 0. The summed E-state index contributed by atoms with van der Waals surface area (Å²) < 4.78 is 31.6. The highest BCUT2D eigenvalue weighted by Gasteiger charge is 2.27. The zero-order chi connectivity index (χ0) is 12.5. The first-order valence-corrected chi connectivity index (χ1v) is 4.72. The molecular formula is C10H9ClF2O3. The van der Waals surface area contributed by atoms with Crippen LogP contribution in [-0.2, 0) is 4.79 Å². The van der Waals surface area contributed by atoms with E-state index < -0.39 is 34.3 Å². The Kier molecular flexibility index (Phi) is 3.70. The number of carboxylic acids is 1. The van der Waals surface area contributed by atoms with Gasteiger partial charge in [-0.1, -0.05) is 11.6 Å². The number of carbonyl (C=O) groups is 1. The molecule has 0 radical (unpaired) electrons. The summed E-state index contributed by atoms with van der Waals surface area (Å²) >= 11 is 5.43. The molecule has 0 aliphatic heterocycles. The van der Waals surface area contributed by atoms with E-state index in [1.807, 2.05) is 0 Å². The minimum absolute atomic E-state index is 0.389. The minimum Gasteiger partial charge on any atom is -0.493 e. The molecule has 0 amide bonds. The van der Waals surface area contributed by atoms with Crippen LogP contribution in [0.15, 0.2) is 6.07 Å². The number of carboxylic acid groups (broad SMARTS) is 1. The van der Waals surface area contributed by atoms with E-state index in [1.54, 1.807) is 0 Å². The van der Waals surface area contributed by atoms with Crippen molar-refractivity contribution in [1.29, 1.82) is 0 Å². The van der Waals surface area contributed by atoms with Crippen molar-refractivity contribution in [2.24, 2.45) is 0 Å². The lowest BCUT2D eigenvalue weighted by Gasteiger charge is -2.14. The Morgan fingerprint density at radius 3 is 2.56 bits per heavy atom. The van der Waals surface area contributed by atoms with Gasteiger partial charge in [0.15, 0.2) is 11.6 Å². The van der Waals surface area contributed by atoms with Crippen molar-refractivity contribution in [3.05, 3.63) is 28.3 Å². The fraction of sp³-hybridized carbons (Fsp3) is 0.300. The van der Waals surface area contributed by atoms with Gasteiger partial charge in [-0.25, -0.2) is 8.78 Å². The topological polar surface area (TPSA) is 46.5 Å². The maximum atomic E-state index is 13.6. The van der Waals surface area contributed by atoms with Crippen LogP contribution in [0.4, 0.5) is 8.78 Å². The lowest BCUT2D eigenvalue weighted by Crippen LogP contribution is -2.12. The van der Waals surface area contributed by atoms with E-state index in [0.29, 0.717) is 0 Å². The summed E-state index contributed by atoms with van der Waals surface area (Å²) in [5, 5.41) is 8.30. The van der Waals surface area contributed by atoms with E-state index in [1.165, 1.54) is 6.92 Å². The van der Waals surface area contributed by atoms with E-state index in [-0.39, 0.29) is 5.56 Å². The van der Waals surface area contributed by atoms with Crippen molar-refractivity contribution in [3.63, 3.8) is 0 Å². The van der Waals surface area contributed by atoms with Gasteiger partial charge in [0.1, 0.15) is 5.82 Å². The first-order chi connectivity index (χ1) is 7.40. The lowest BCUT2D eigenvalue weighted by atomic mass is 9.99. The summed E-state index contributed by atoms with van der Waals surface area (Å²) in [4.78, 5) is 10.8. The standard InChI is InChI=1S/C10H9ClF2O3/c1-4(10(14)15)7-8(13)5(11)3-6(12)9(7)16-2/h3-4H,1-2H3,(H,14,15). The highest BCUT2D eigenvalue weighted by Crippen LogP contribution is 2.35. The zero-order valence-corrected chi connectivity index (χ0v) is 9.31. The van der Waals surface area contributed by atoms with Crippen LogP contribution in [0.1, 0.15) is 18.4 Å². The van der Waals surface area contributed by atoms with Crippen molar-refractivity contribution < 1.29 is 23.4 Å². The van der Waals surface area contributed by atoms with E-state index in [2.05, 4.69) is 4.74 Å². The third kappa shape index (κ3) is 2.09. The first-order valence-electron chi connectivity index (χ1n) is 4.34. The zero-order valence-electron chi connectivity index (χ0n) is 8.55. The van der Waals surface area contributed by atoms with E-state index in [9.17, 15) is 13.6 Å². The van der Waals surface area contributed by atoms with Gasteiger partial charge >= 0.3 is 5.97 Å². The molecule has 0 aliphatic carbocycles. The molecule has 1 aromatic carbocycles. The van der Waals surface area contributed by atoms with E-state index >= 15 is 0 Å². The second-order valence-corrected chi connectivity index (χ2v) is 3.57. The van der Waals surface area contributed by atoms with Crippen molar-refractivity contribution in [2.45, 2.75) is 12.8 Å². The van der Waals surface area contributed by atoms with Crippen molar-refractivity contribution in [3.8, 4) is 5.75 Å². The van der Waals surface area contributed by atoms with Gasteiger partial charge in [0.2, 0.25) is 0 Å². The summed E-state index contributed by atoms with van der Waals surface area (Å²) in [7, 11) is 1.13. The molecule has 1 unspecified atom stereocenters. The molecule has 16 heavy (non-hydrogen) atoms. The van der Waals surface area contributed by atoms with Crippen LogP contribution in [0.5, 0.6) is 5.75 Å². The lowest BCUT2D eigenvalue weighted by molar-refractivity contribution is -0.138. The molecule has 0 heterocycles. The van der Waals surface area contributed by atoms with Crippen molar-refractivity contribution >= 4 is 17.6 Å². The fourth-order valence-electron chi connectivity index (χ4n) is 1.31. The normalized spacial score (nSPS) is 12.3. The van der Waals surface area contributed by atoms with Crippen molar-refractivity contribution in [2.75, 3.05) is 7.11 Å². The Labute approximate surface area is 95.6 Å². The largest absolute Gasteiger partial charge is 0.493 e. The predicted molar refractivity (Wildman–Crippen MR) is 54.0 cm³/mol. The number of ether oxygens (including phenoxy) is 1. The molecule has 1 atom stereocenters. The maximum Gasteiger partial charge on any atom is 0.310 e. The Morgan fingerprint density at radius 2 is 2.12 bits per heavy atom. The molecule has 1 aromatic rings. The second kappa shape index (κ2) is 4.65. The number of rotatable bonds is 3. The summed E-state index contributed by atoms with van der Waals surface area (Å²) in [5.74, 6) is -4.84. The van der Waals surface area contributed by atoms with Gasteiger partial charge in [-0.2, -0.15) is 0 Å². The molecule has 0 spiro atoms. The van der Waals surface area contributed by atoms with Gasteiger partial charge in [-0.3, -0.25) is 4.79 Å². The van der Waals surface area contributed by atoms with Gasteiger partial charge in [0.05, 0.1) is 18.1 Å². The Hall–Kier alpha value is -1.36. The second-order valence-electron chi connectivity index (χ2n) is 3.16. The third-order valence-electron chi connectivity index (χ3n) is 2.17. The number of benzene rings is 1. The van der Waals surface area contributed by atoms with Gasteiger partial charge in [0.25, 0.3) is 0 Å². The molecular weight excluding hydrogens is 242 g/mol. The fourth-order valence-corrected chi connectivity index (χ4v) is 1.51. The Bertz CT molecular complexity index is 435. The third-order valence-corrected chi connectivity index (χ3v) is 2.44. The number of hydrogen-bond acceptors (Lipinski definition) is 2. The SMILES string of the molecule is COc1c(F)cc(Cl)c(F)c1C(C)C(=O)O. The quantitative estimate of drug-likeness (QED) is 0.839. The van der Waals surface area contributed by atoms with Crippen LogP contribution >= 0.6 is 11.6 Å². The van der Waals surface area contributed by atoms with Crippen LogP contribution in [-0.4, -0.2) is 18.2 Å². The molecule has 0 fully saturated rings. The molecule has 6 heteroatoms. The van der Waals surface area contributed by atoms with Gasteiger partial charge in [-0.05, 0) is 13.0 Å². The number of hydrogen-bond donors (Lipinski definition) is 1. The summed E-state index contributed by atoms with van der Waals surface area (Å²) in [6, 6.07) is 0.744. The van der Waals surface area contributed by atoms with Crippen LogP contribution in [0, 0.1) is 11.6 Å². The molecule has 1 rings (SSSR count). The van der Waals surface area contributed by atoms with Crippen LogP contribution in [0.3, 0.4) is 0 Å². The van der Waals surface area contributed by atoms with Gasteiger partial charge in [0, 0.05) is 5.56 Å². The molecule has 0 saturated heterocycles. The summed E-state index contributed by atoms with van der Waals surface area (Å²) in [5.41, 5.74) is -0.389. The van der Waals surface area contributed by atoms with Crippen molar-refractivity contribution in [1.82, 2.24) is 0 Å². The van der Waals surface area contributed by atoms with Crippen LogP contribution in [0.25, 0.3) is 0 Å². The molecule has 0 aliphatic rings. The minimum atomic E-state index is -1.29. The van der Waals surface area contributed by atoms with Gasteiger partial charge in [-0.15, -0.1) is 0 Å². The molecule has 3 nitrogen and oxygen atoms in total. The number of halogens is 3. The Balaban J connectivity index is 3.50. The average molecular weight is 251 g/mol. The first kappa shape index (κ1) is 12.7. The molecule has 0 bridgehead atoms. The van der Waals surface area contributed by atoms with E-state index in [4.69, 9.17) is 16.7 Å². The predicted octanol–water partition coefficient (Wildman–Crippen LogP) is 2.81. The highest BCUT2D eigenvalue weighted by molar-refractivity contribution is 6.30. The molecule has 0 aromatic heterocycles. The maximum absolute atomic E-state index is 13.6. The Morgan fingerprint density at radius 1 is 1.56 bits per heavy atom. The molecule has 88 valence electrons. The highest BCUT2D eigenvalue weighted by atomic mass is 35.5. The summed E-state index contributed by atoms with van der Waals surface area (Å²) in [6.45, 7) is 1.22. The van der Waals surface area contributed by atoms with Crippen LogP contribution < -0.4 is 4.74 Å². The van der Waals surface area contributed by atoms with Gasteiger partial charge < -0.3 is 9.84 Å². The monoisotopic (exact) mass is 250 g/mol.